The van der Waals surface area contributed by atoms with Crippen LogP contribution in [0.15, 0.2) is 131 Å². The molecule has 0 radical (unpaired) electrons. The molecule has 1 aromatic heterocycles. The molecule has 6 aromatic rings. The van der Waals surface area contributed by atoms with Gasteiger partial charge in [0.25, 0.3) is 0 Å². The van der Waals surface area contributed by atoms with Crippen LogP contribution in [0.2, 0.25) is 12.6 Å². The lowest BCUT2D eigenvalue weighted by Crippen LogP contribution is -2.19. The first-order valence-corrected chi connectivity index (χ1v) is 16.6. The van der Waals surface area contributed by atoms with Crippen LogP contribution in [-0.4, -0.2) is 6.71 Å². The average Bonchev–Trinajstić information content (AvgIpc) is 3.46. The topological polar surface area (TPSA) is 13.1 Å². The summed E-state index contributed by atoms with van der Waals surface area (Å²) in [5.74, 6) is 4.28. The first-order valence-electron chi connectivity index (χ1n) is 16.6. The van der Waals surface area contributed by atoms with Crippen LogP contribution in [0.3, 0.4) is 0 Å². The maximum atomic E-state index is 6.57. The molecule has 1 atom stereocenters. The number of terminal acetylenes is 1. The lowest BCUT2D eigenvalue weighted by molar-refractivity contribution is 0.606. The largest absolute Gasteiger partial charge is 0.455 e. The fourth-order valence-electron chi connectivity index (χ4n) is 7.22. The number of fused-ring (bicyclic) bond motifs is 8. The van der Waals surface area contributed by atoms with Crippen molar-refractivity contribution < 1.29 is 4.42 Å². The number of hydrogen-bond acceptors (Lipinski definition) is 1. The van der Waals surface area contributed by atoms with Gasteiger partial charge in [-0.05, 0) is 76.0 Å². The molecule has 5 aromatic carbocycles. The molecule has 7 rings (SSSR count). The van der Waals surface area contributed by atoms with Gasteiger partial charge >= 0.3 is 0 Å². The van der Waals surface area contributed by atoms with Crippen LogP contribution in [0.1, 0.15) is 62.0 Å². The van der Waals surface area contributed by atoms with E-state index in [1.54, 1.807) is 0 Å². The molecule has 1 aliphatic carbocycles. The van der Waals surface area contributed by atoms with Gasteiger partial charge in [-0.25, -0.2) is 0 Å². The van der Waals surface area contributed by atoms with Crippen molar-refractivity contribution in [1.82, 2.24) is 0 Å². The van der Waals surface area contributed by atoms with Gasteiger partial charge in [0, 0.05) is 16.7 Å². The molecular weight excluding hydrogens is 555 g/mol. The van der Waals surface area contributed by atoms with E-state index < -0.39 is 0 Å². The first-order chi connectivity index (χ1) is 22.5. The minimum atomic E-state index is 0.108. The van der Waals surface area contributed by atoms with E-state index in [-0.39, 0.29) is 5.92 Å². The summed E-state index contributed by atoms with van der Waals surface area (Å²) in [6.45, 7) is 9.50. The lowest BCUT2D eigenvalue weighted by Gasteiger charge is -2.25. The third kappa shape index (κ3) is 5.11. The van der Waals surface area contributed by atoms with Crippen LogP contribution >= 0.6 is 0 Å². The summed E-state index contributed by atoms with van der Waals surface area (Å²) in [4.78, 5) is 0. The van der Waals surface area contributed by atoms with E-state index in [9.17, 15) is 0 Å². The highest BCUT2D eigenvalue weighted by Gasteiger charge is 2.24. The number of hydrogen-bond donors (Lipinski definition) is 0. The molecule has 46 heavy (non-hydrogen) atoms. The van der Waals surface area contributed by atoms with Gasteiger partial charge in [0.15, 0.2) is 6.71 Å². The monoisotopic (exact) mass is 594 g/mol. The zero-order valence-electron chi connectivity index (χ0n) is 27.2. The molecule has 224 valence electrons. The van der Waals surface area contributed by atoms with Crippen LogP contribution in [0, 0.1) is 12.3 Å². The fourth-order valence-corrected chi connectivity index (χ4v) is 7.22. The van der Waals surface area contributed by atoms with Gasteiger partial charge in [0.1, 0.15) is 11.3 Å². The van der Waals surface area contributed by atoms with E-state index in [0.29, 0.717) is 12.5 Å². The van der Waals surface area contributed by atoms with Crippen molar-refractivity contribution in [1.29, 1.82) is 0 Å². The Balaban J connectivity index is 1.54. The second-order valence-electron chi connectivity index (χ2n) is 12.9. The Morgan fingerprint density at radius 3 is 2.24 bits per heavy atom. The van der Waals surface area contributed by atoms with Crippen molar-refractivity contribution in [2.75, 3.05) is 0 Å². The Hall–Kier alpha value is -5.00. The molecule has 0 fully saturated rings. The highest BCUT2D eigenvalue weighted by Crippen LogP contribution is 2.43. The molecule has 0 aliphatic heterocycles. The van der Waals surface area contributed by atoms with Crippen LogP contribution in [-0.2, 0) is 0 Å². The van der Waals surface area contributed by atoms with E-state index in [0.717, 1.165) is 40.5 Å². The summed E-state index contributed by atoms with van der Waals surface area (Å²) in [7, 11) is 0. The average molecular weight is 595 g/mol. The predicted octanol–water partition coefficient (Wildman–Crippen LogP) is 12.3. The van der Waals surface area contributed by atoms with Crippen molar-refractivity contribution in [3.8, 4) is 12.3 Å². The summed E-state index contributed by atoms with van der Waals surface area (Å²) in [6, 6.07) is 31.1. The van der Waals surface area contributed by atoms with E-state index in [2.05, 4.69) is 136 Å². The molecule has 1 aliphatic rings. The predicted molar refractivity (Wildman–Crippen MR) is 201 cm³/mol. The number of benzene rings is 5. The maximum absolute atomic E-state index is 6.57. The van der Waals surface area contributed by atoms with Crippen molar-refractivity contribution in [3.05, 3.63) is 149 Å². The van der Waals surface area contributed by atoms with Gasteiger partial charge in [-0.3, -0.25) is 0 Å². The summed E-state index contributed by atoms with van der Waals surface area (Å²) >= 11 is 0. The van der Waals surface area contributed by atoms with Gasteiger partial charge in [-0.1, -0.05) is 147 Å². The molecule has 1 heterocycles. The summed E-state index contributed by atoms with van der Waals surface area (Å²) in [5.41, 5.74) is 7.17. The molecule has 1 nitrogen and oxygen atoms in total. The highest BCUT2D eigenvalue weighted by molar-refractivity contribution is 6.68. The first kappa shape index (κ1) is 29.7. The van der Waals surface area contributed by atoms with Crippen molar-refractivity contribution in [2.45, 2.75) is 52.2 Å². The Morgan fingerprint density at radius 1 is 0.848 bits per heavy atom. The molecule has 1 unspecified atom stereocenters. The molecule has 0 saturated heterocycles. The summed E-state index contributed by atoms with van der Waals surface area (Å²) < 4.78 is 6.57. The summed E-state index contributed by atoms with van der Waals surface area (Å²) in [6.07, 6.45) is 21.5. The van der Waals surface area contributed by atoms with Crippen LogP contribution < -0.4 is 0 Å². The maximum Gasteiger partial charge on any atom is 0.175 e. The van der Waals surface area contributed by atoms with Gasteiger partial charge in [-0.2, -0.15) is 0 Å². The number of allylic oxidation sites excluding steroid dienone is 7. The Labute approximate surface area is 273 Å². The Morgan fingerprint density at radius 2 is 1.54 bits per heavy atom. The SMILES string of the molecule is C#Cc1c(/C=C\C)oc2c1ccc1c3ccccc3c3cc(C(/C=C(\B(C)C(C)C)C4=CC=CCC4)c4ccccc4)ccc3c12. The smallest absolute Gasteiger partial charge is 0.175 e. The van der Waals surface area contributed by atoms with E-state index >= 15 is 0 Å². The zero-order valence-corrected chi connectivity index (χ0v) is 27.2. The third-order valence-corrected chi connectivity index (χ3v) is 9.91. The summed E-state index contributed by atoms with van der Waals surface area (Å²) in [5, 5.41) is 8.15. The second-order valence-corrected chi connectivity index (χ2v) is 12.9. The lowest BCUT2D eigenvalue weighted by atomic mass is 9.37. The standard InChI is InChI=1S/C44H39BO/c1-6-16-42-33(7-2)38-26-25-36-34-21-14-15-22-35(34)40-27-32(23-24-37(40)43(36)44(38)46-42)39(30-17-10-8-11-18-30)28-41(45(5)29(3)4)31-19-12-9-13-20-31/h2,6,8-12,14-19,21-29,39H,13,20H2,1,3-5H3/b16-6-,41-28-. The van der Waals surface area contributed by atoms with E-state index in [1.165, 1.54) is 49.1 Å². The van der Waals surface area contributed by atoms with E-state index in [4.69, 9.17) is 10.8 Å². The minimum Gasteiger partial charge on any atom is -0.455 e. The molecule has 0 spiro atoms. The zero-order chi connectivity index (χ0) is 31.8. The molecule has 2 heteroatoms. The normalized spacial score (nSPS) is 14.5. The van der Waals surface area contributed by atoms with Gasteiger partial charge < -0.3 is 4.42 Å². The third-order valence-electron chi connectivity index (χ3n) is 9.91. The van der Waals surface area contributed by atoms with Gasteiger partial charge in [-0.15, -0.1) is 6.42 Å². The Kier molecular flexibility index (Phi) is 8.02. The minimum absolute atomic E-state index is 0.108. The van der Waals surface area contributed by atoms with Crippen LogP contribution in [0.4, 0.5) is 0 Å². The Bertz CT molecular complexity index is 2270. The van der Waals surface area contributed by atoms with Crippen molar-refractivity contribution >= 4 is 56.1 Å². The molecule has 0 N–H and O–H groups in total. The molecule has 0 bridgehead atoms. The second kappa shape index (κ2) is 12.4. The molecule has 0 amide bonds. The number of rotatable bonds is 7. The van der Waals surface area contributed by atoms with Gasteiger partial charge in [0.2, 0.25) is 0 Å². The fraction of sp³-hybridized carbons (Fsp3) is 0.182. The quantitative estimate of drug-likeness (QED) is 0.102. The van der Waals surface area contributed by atoms with Crippen molar-refractivity contribution in [2.24, 2.45) is 0 Å². The van der Waals surface area contributed by atoms with Crippen molar-refractivity contribution in [3.63, 3.8) is 0 Å². The highest BCUT2D eigenvalue weighted by atomic mass is 16.3. The van der Waals surface area contributed by atoms with Crippen LogP contribution in [0.5, 0.6) is 0 Å². The molecule has 0 saturated carbocycles. The van der Waals surface area contributed by atoms with E-state index in [1.807, 2.05) is 19.1 Å². The molecular formula is C44H39BO. The van der Waals surface area contributed by atoms with Crippen LogP contribution in [0.25, 0.3) is 49.4 Å². The van der Waals surface area contributed by atoms with Gasteiger partial charge in [0.05, 0.1) is 5.56 Å². The number of furan rings is 1.